The highest BCUT2D eigenvalue weighted by Gasteiger charge is 2.15. The number of ether oxygens (including phenoxy) is 3. The SMILES string of the molecule is COc1cc(C(=O)O)cc(OC)c1OC.OCCCCNCCc1ccccc1. The minimum Gasteiger partial charge on any atom is -0.493 e. The van der Waals surface area contributed by atoms with Gasteiger partial charge in [0.1, 0.15) is 0 Å². The summed E-state index contributed by atoms with van der Waals surface area (Å²) < 4.78 is 15.1. The number of aliphatic hydroxyl groups excluding tert-OH is 1. The highest BCUT2D eigenvalue weighted by Crippen LogP contribution is 2.38. The third-order valence-corrected chi connectivity index (χ3v) is 4.11. The summed E-state index contributed by atoms with van der Waals surface area (Å²) in [5.41, 5.74) is 1.46. The van der Waals surface area contributed by atoms with E-state index in [1.54, 1.807) is 0 Å². The first-order chi connectivity index (χ1) is 14.1. The molecule has 0 aliphatic heterocycles. The third-order valence-electron chi connectivity index (χ3n) is 4.11. The Morgan fingerprint density at radius 1 is 0.931 bits per heavy atom. The molecule has 0 unspecified atom stereocenters. The lowest BCUT2D eigenvalue weighted by molar-refractivity contribution is 0.0696. The molecule has 0 spiro atoms. The number of hydrogen-bond donors (Lipinski definition) is 3. The maximum absolute atomic E-state index is 10.8. The molecule has 0 aromatic heterocycles. The van der Waals surface area contributed by atoms with Crippen molar-refractivity contribution in [2.45, 2.75) is 19.3 Å². The van der Waals surface area contributed by atoms with E-state index < -0.39 is 5.97 Å². The molecule has 7 heteroatoms. The summed E-state index contributed by atoms with van der Waals surface area (Å²) in [6.45, 7) is 2.34. The van der Waals surface area contributed by atoms with Crippen LogP contribution >= 0.6 is 0 Å². The average Bonchev–Trinajstić information content (AvgIpc) is 2.76. The molecule has 0 saturated heterocycles. The fourth-order valence-electron chi connectivity index (χ4n) is 2.57. The van der Waals surface area contributed by atoms with Gasteiger partial charge in [-0.15, -0.1) is 0 Å². The van der Waals surface area contributed by atoms with E-state index in [2.05, 4.69) is 29.6 Å². The first kappa shape index (κ1) is 24.3. The number of aromatic carboxylic acids is 1. The molecule has 160 valence electrons. The van der Waals surface area contributed by atoms with Gasteiger partial charge in [0.15, 0.2) is 11.5 Å². The molecule has 0 amide bonds. The van der Waals surface area contributed by atoms with Gasteiger partial charge in [-0.3, -0.25) is 0 Å². The number of methoxy groups -OCH3 is 3. The van der Waals surface area contributed by atoms with Crippen LogP contribution in [0.3, 0.4) is 0 Å². The fraction of sp³-hybridized carbons (Fsp3) is 0.409. The van der Waals surface area contributed by atoms with Crippen molar-refractivity contribution in [1.82, 2.24) is 5.32 Å². The zero-order chi connectivity index (χ0) is 21.5. The van der Waals surface area contributed by atoms with Gasteiger partial charge >= 0.3 is 5.97 Å². The predicted octanol–water partition coefficient (Wildman–Crippen LogP) is 3.00. The highest BCUT2D eigenvalue weighted by atomic mass is 16.5. The van der Waals surface area contributed by atoms with Gasteiger partial charge in [0, 0.05) is 6.61 Å². The number of nitrogens with one attached hydrogen (secondary N) is 1. The topological polar surface area (TPSA) is 97.3 Å². The maximum atomic E-state index is 10.8. The lowest BCUT2D eigenvalue weighted by atomic mass is 10.1. The van der Waals surface area contributed by atoms with Crippen molar-refractivity contribution >= 4 is 5.97 Å². The number of carbonyl (C=O) groups is 1. The molecule has 2 aromatic carbocycles. The highest BCUT2D eigenvalue weighted by molar-refractivity contribution is 5.89. The zero-order valence-electron chi connectivity index (χ0n) is 17.3. The van der Waals surface area contributed by atoms with Crippen LogP contribution in [0, 0.1) is 0 Å². The summed E-state index contributed by atoms with van der Waals surface area (Å²) in [5.74, 6) is -0.0113. The van der Waals surface area contributed by atoms with Crippen molar-refractivity contribution in [3.8, 4) is 17.2 Å². The quantitative estimate of drug-likeness (QED) is 0.495. The van der Waals surface area contributed by atoms with Gasteiger partial charge in [-0.1, -0.05) is 30.3 Å². The molecular weight excluding hydrogens is 374 g/mol. The number of hydrogen-bond acceptors (Lipinski definition) is 6. The van der Waals surface area contributed by atoms with Gasteiger partial charge in [0.25, 0.3) is 0 Å². The molecule has 0 radical (unpaired) electrons. The smallest absolute Gasteiger partial charge is 0.335 e. The number of unbranched alkanes of at least 4 members (excludes halogenated alkanes) is 1. The second-order valence-electron chi connectivity index (χ2n) is 6.14. The lowest BCUT2D eigenvalue weighted by Crippen LogP contribution is -2.18. The second-order valence-corrected chi connectivity index (χ2v) is 6.14. The monoisotopic (exact) mass is 405 g/mol. The minimum atomic E-state index is -1.05. The summed E-state index contributed by atoms with van der Waals surface area (Å²) in [6, 6.07) is 13.2. The molecule has 0 aliphatic carbocycles. The van der Waals surface area contributed by atoms with Crippen molar-refractivity contribution in [3.05, 3.63) is 53.6 Å². The van der Waals surface area contributed by atoms with Crippen LogP contribution in [0.25, 0.3) is 0 Å². The van der Waals surface area contributed by atoms with Crippen LogP contribution < -0.4 is 19.5 Å². The summed E-state index contributed by atoms with van der Waals surface area (Å²) in [4.78, 5) is 10.8. The number of aliphatic hydroxyl groups is 1. The molecule has 2 aromatic rings. The van der Waals surface area contributed by atoms with Crippen molar-refractivity contribution in [2.24, 2.45) is 0 Å². The molecule has 0 saturated carbocycles. The number of carboxylic acids is 1. The van der Waals surface area contributed by atoms with Crippen LogP contribution in [0.2, 0.25) is 0 Å². The Morgan fingerprint density at radius 3 is 2.03 bits per heavy atom. The van der Waals surface area contributed by atoms with Gasteiger partial charge in [0.05, 0.1) is 26.9 Å². The number of carboxylic acid groups (broad SMARTS) is 1. The lowest BCUT2D eigenvalue weighted by Gasteiger charge is -2.12. The Kier molecular flexibility index (Phi) is 11.9. The van der Waals surface area contributed by atoms with E-state index in [1.165, 1.54) is 39.0 Å². The van der Waals surface area contributed by atoms with Crippen LogP contribution in [0.5, 0.6) is 17.2 Å². The Hall–Kier alpha value is -2.77. The van der Waals surface area contributed by atoms with Crippen LogP contribution in [0.4, 0.5) is 0 Å². The molecule has 0 fully saturated rings. The van der Waals surface area contributed by atoms with E-state index in [0.29, 0.717) is 23.9 Å². The van der Waals surface area contributed by atoms with Crippen LogP contribution in [-0.2, 0) is 6.42 Å². The van der Waals surface area contributed by atoms with Crippen molar-refractivity contribution in [2.75, 3.05) is 41.0 Å². The van der Waals surface area contributed by atoms with E-state index in [1.807, 2.05) is 6.07 Å². The van der Waals surface area contributed by atoms with E-state index in [9.17, 15) is 4.79 Å². The molecule has 29 heavy (non-hydrogen) atoms. The van der Waals surface area contributed by atoms with E-state index >= 15 is 0 Å². The first-order valence-corrected chi connectivity index (χ1v) is 9.46. The Bertz CT molecular complexity index is 695. The molecular formula is C22H31NO6. The third kappa shape index (κ3) is 8.85. The predicted molar refractivity (Wildman–Crippen MR) is 112 cm³/mol. The molecule has 0 bridgehead atoms. The summed E-state index contributed by atoms with van der Waals surface area (Å²) in [5, 5.41) is 20.8. The van der Waals surface area contributed by atoms with Crippen molar-refractivity contribution in [1.29, 1.82) is 0 Å². The number of benzene rings is 2. The molecule has 0 aliphatic rings. The van der Waals surface area contributed by atoms with Crippen LogP contribution in [-0.4, -0.2) is 57.2 Å². The second kappa shape index (κ2) is 14.3. The largest absolute Gasteiger partial charge is 0.493 e. The molecule has 0 heterocycles. The zero-order valence-corrected chi connectivity index (χ0v) is 17.3. The van der Waals surface area contributed by atoms with Gasteiger partial charge in [-0.2, -0.15) is 0 Å². The minimum absolute atomic E-state index is 0.0875. The standard InChI is InChI=1S/C12H19NO.C10H12O5/c14-11-5-4-9-13-10-8-12-6-2-1-3-7-12;1-13-7-4-6(10(11)12)5-8(14-2)9(7)15-3/h1-3,6-7,13-14H,4-5,8-11H2;4-5H,1-3H3,(H,11,12). The first-order valence-electron chi connectivity index (χ1n) is 9.46. The van der Waals surface area contributed by atoms with Crippen molar-refractivity contribution < 1.29 is 29.2 Å². The Labute approximate surface area is 172 Å². The molecule has 2 rings (SSSR count). The summed E-state index contributed by atoms with van der Waals surface area (Å²) >= 11 is 0. The van der Waals surface area contributed by atoms with E-state index in [-0.39, 0.29) is 5.56 Å². The van der Waals surface area contributed by atoms with E-state index in [0.717, 1.165) is 32.4 Å². The summed E-state index contributed by atoms with van der Waals surface area (Å²) in [6.07, 6.45) is 3.05. The van der Waals surface area contributed by atoms with Gasteiger partial charge in [-0.25, -0.2) is 4.79 Å². The maximum Gasteiger partial charge on any atom is 0.335 e. The van der Waals surface area contributed by atoms with Crippen molar-refractivity contribution in [3.63, 3.8) is 0 Å². The Balaban J connectivity index is 0.000000291. The normalized spacial score (nSPS) is 9.93. The Morgan fingerprint density at radius 2 is 1.55 bits per heavy atom. The summed E-state index contributed by atoms with van der Waals surface area (Å²) in [7, 11) is 4.33. The van der Waals surface area contributed by atoms with E-state index in [4.69, 9.17) is 24.4 Å². The molecule has 0 atom stereocenters. The van der Waals surface area contributed by atoms with Gasteiger partial charge < -0.3 is 29.7 Å². The fourth-order valence-corrected chi connectivity index (χ4v) is 2.57. The number of rotatable bonds is 11. The van der Waals surface area contributed by atoms with Gasteiger partial charge in [-0.05, 0) is 50.0 Å². The molecule has 7 nitrogen and oxygen atoms in total. The van der Waals surface area contributed by atoms with Crippen LogP contribution in [0.15, 0.2) is 42.5 Å². The van der Waals surface area contributed by atoms with Crippen LogP contribution in [0.1, 0.15) is 28.8 Å². The molecule has 3 N–H and O–H groups in total. The van der Waals surface area contributed by atoms with Gasteiger partial charge in [0.2, 0.25) is 5.75 Å². The average molecular weight is 405 g/mol.